The molecule has 0 bridgehead atoms. The zero-order valence-electron chi connectivity index (χ0n) is 17.9. The molecule has 6 N–H and O–H groups in total. The Bertz CT molecular complexity index is 1020. The molecule has 1 fully saturated rings. The maximum Gasteiger partial charge on any atom is 1.00 e. The fraction of sp³-hybridized carbons (Fsp3) is 0.714. The van der Waals surface area contributed by atoms with E-state index in [1.807, 2.05) is 0 Å². The molecular formula is C14H20NNaO17S2. The normalized spacial score (nSPS) is 33.6. The third-order valence-electron chi connectivity index (χ3n) is 4.34. The zero-order chi connectivity index (χ0) is 26.0. The van der Waals surface area contributed by atoms with Crippen molar-refractivity contribution in [3.8, 4) is 0 Å². The molecule has 18 nitrogen and oxygen atoms in total. The number of amides is 1. The monoisotopic (exact) mass is 561 g/mol. The fourth-order valence-electron chi connectivity index (χ4n) is 3.04. The van der Waals surface area contributed by atoms with E-state index in [4.69, 9.17) is 23.3 Å². The first kappa shape index (κ1) is 32.0. The summed E-state index contributed by atoms with van der Waals surface area (Å²) in [6.07, 6.45) is -13.8. The van der Waals surface area contributed by atoms with Crippen molar-refractivity contribution in [2.45, 2.75) is 56.1 Å². The number of aliphatic hydroxyl groups is 3. The van der Waals surface area contributed by atoms with Gasteiger partial charge in [0.1, 0.15) is 48.3 Å². The van der Waals surface area contributed by atoms with E-state index in [0.717, 1.165) is 6.92 Å². The average molecular weight is 561 g/mol. The molecule has 2 rings (SSSR count). The van der Waals surface area contributed by atoms with Crippen molar-refractivity contribution in [2.75, 3.05) is 6.61 Å². The summed E-state index contributed by atoms with van der Waals surface area (Å²) >= 11 is 0. The summed E-state index contributed by atoms with van der Waals surface area (Å²) in [4.78, 5) is 22.7. The van der Waals surface area contributed by atoms with Crippen LogP contribution in [0.2, 0.25) is 0 Å². The van der Waals surface area contributed by atoms with Gasteiger partial charge in [-0.05, 0) is 6.08 Å². The molecule has 8 atom stereocenters. The van der Waals surface area contributed by atoms with Gasteiger partial charge < -0.3 is 44.7 Å². The van der Waals surface area contributed by atoms with Crippen molar-refractivity contribution in [1.82, 2.24) is 5.32 Å². The molecule has 0 radical (unpaired) electrons. The van der Waals surface area contributed by atoms with Crippen LogP contribution in [-0.4, -0.2) is 109 Å². The Hall–Kier alpha value is -0.980. The van der Waals surface area contributed by atoms with E-state index in [2.05, 4.69) is 13.7 Å². The number of carbonyl (C=O) groups is 2. The van der Waals surface area contributed by atoms with Crippen LogP contribution >= 0.6 is 0 Å². The van der Waals surface area contributed by atoms with Gasteiger partial charge in [-0.15, -0.1) is 0 Å². The second-order valence-electron chi connectivity index (χ2n) is 6.88. The summed E-state index contributed by atoms with van der Waals surface area (Å²) in [5, 5.41) is 43.4. The van der Waals surface area contributed by atoms with Gasteiger partial charge in [-0.1, -0.05) is 0 Å². The van der Waals surface area contributed by atoms with Gasteiger partial charge in [0.2, 0.25) is 12.2 Å². The predicted molar refractivity (Wildman–Crippen MR) is 97.3 cm³/mol. The van der Waals surface area contributed by atoms with Crippen LogP contribution in [0.4, 0.5) is 0 Å². The van der Waals surface area contributed by atoms with Crippen molar-refractivity contribution in [3.05, 3.63) is 11.8 Å². The Kier molecular flexibility index (Phi) is 11.5. The first-order valence-corrected chi connectivity index (χ1v) is 11.7. The largest absolute Gasteiger partial charge is 1.00 e. The minimum absolute atomic E-state index is 0. The van der Waals surface area contributed by atoms with Crippen LogP contribution in [-0.2, 0) is 53.0 Å². The minimum Gasteiger partial charge on any atom is -0.542 e. The first-order valence-electron chi connectivity index (χ1n) is 8.98. The van der Waals surface area contributed by atoms with Gasteiger partial charge >= 0.3 is 50.4 Å². The second-order valence-corrected chi connectivity index (χ2v) is 9.02. The van der Waals surface area contributed by atoms with Gasteiger partial charge in [0.05, 0.1) is 6.61 Å². The summed E-state index contributed by atoms with van der Waals surface area (Å²) in [6, 6.07) is -1.78. The molecule has 196 valence electrons. The summed E-state index contributed by atoms with van der Waals surface area (Å²) < 4.78 is 86.2. The van der Waals surface area contributed by atoms with Crippen LogP contribution in [0.1, 0.15) is 6.92 Å². The van der Waals surface area contributed by atoms with Crippen LogP contribution in [0.25, 0.3) is 0 Å². The molecule has 21 heteroatoms. The number of carbonyl (C=O) groups excluding carboxylic acids is 2. The molecular weight excluding hydrogens is 541 g/mol. The first-order chi connectivity index (χ1) is 15.5. The smallest absolute Gasteiger partial charge is 0.542 e. The zero-order valence-corrected chi connectivity index (χ0v) is 21.5. The fourth-order valence-corrected chi connectivity index (χ4v) is 3.86. The van der Waals surface area contributed by atoms with Crippen LogP contribution in [0.5, 0.6) is 0 Å². The van der Waals surface area contributed by atoms with Gasteiger partial charge in [0.15, 0.2) is 6.29 Å². The summed E-state index contributed by atoms with van der Waals surface area (Å²) in [5.74, 6) is -3.82. The van der Waals surface area contributed by atoms with E-state index in [9.17, 15) is 46.9 Å². The SMILES string of the molecule is CC(=O)N[C@H]1C(O)O[C@H](COS(=O)(=O)O)[C@H](OS(=O)(=O)O)[C@@H]1O[C@@H]1OC(C(=O)[O-])=C[C@H](O)[C@H]1O.[Na+]. The molecule has 0 aliphatic carbocycles. The Morgan fingerprint density at radius 3 is 2.20 bits per heavy atom. The van der Waals surface area contributed by atoms with Gasteiger partial charge in [0, 0.05) is 6.92 Å². The number of carboxylic acid groups (broad SMARTS) is 1. The maximum atomic E-state index is 11.6. The van der Waals surface area contributed by atoms with Crippen molar-refractivity contribution < 1.29 is 108 Å². The molecule has 2 aliphatic heterocycles. The average Bonchev–Trinajstić information content (AvgIpc) is 2.66. The molecule has 35 heavy (non-hydrogen) atoms. The third kappa shape index (κ3) is 9.44. The summed E-state index contributed by atoms with van der Waals surface area (Å²) in [5.41, 5.74) is 0. The molecule has 2 aliphatic rings. The molecule has 1 amide bonds. The van der Waals surface area contributed by atoms with Crippen molar-refractivity contribution in [1.29, 1.82) is 0 Å². The van der Waals surface area contributed by atoms with E-state index in [1.54, 1.807) is 0 Å². The molecule has 1 saturated heterocycles. The molecule has 0 aromatic heterocycles. The molecule has 0 aromatic rings. The quantitative estimate of drug-likeness (QED) is 0.112. The number of nitrogens with one attached hydrogen (secondary N) is 1. The third-order valence-corrected chi connectivity index (χ3v) is 5.24. The number of carboxylic acids is 1. The van der Waals surface area contributed by atoms with Gasteiger partial charge in [0.25, 0.3) is 0 Å². The number of aliphatic carboxylic acids is 1. The molecule has 0 aromatic carbocycles. The molecule has 0 saturated carbocycles. The van der Waals surface area contributed by atoms with Gasteiger partial charge in [-0.2, -0.15) is 16.8 Å². The summed E-state index contributed by atoms with van der Waals surface area (Å²) in [7, 11) is -10.5. The van der Waals surface area contributed by atoms with Crippen LogP contribution in [0.15, 0.2) is 11.8 Å². The van der Waals surface area contributed by atoms with E-state index >= 15 is 0 Å². The Labute approximate surface area is 219 Å². The standard InChI is InChI=1S/C14H21NO17S2.Na/c1-4(16)15-8-11(31-14-9(18)5(17)2-6(30-14)12(19)20)10(32-34(25,26)27)7(29-13(8)21)3-28-33(22,23)24;/h2,5,7-11,13-14,17-18,21H,3H2,1H3,(H,15,16)(H,19,20)(H,22,23,24)(H,25,26,27);/q;+1/p-1/t5-,7+,8+,9+,10-,11+,13?,14-;/m0./s1. The topological polar surface area (TPSA) is 285 Å². The predicted octanol–water partition coefficient (Wildman–Crippen LogP) is -8.68. The van der Waals surface area contributed by atoms with Crippen LogP contribution in [0.3, 0.4) is 0 Å². The number of rotatable bonds is 9. The van der Waals surface area contributed by atoms with Crippen molar-refractivity contribution in [3.63, 3.8) is 0 Å². The second kappa shape index (κ2) is 12.5. The van der Waals surface area contributed by atoms with E-state index in [0.29, 0.717) is 6.08 Å². The number of hydrogen-bond acceptors (Lipinski definition) is 15. The number of hydrogen-bond donors (Lipinski definition) is 6. The Morgan fingerprint density at radius 2 is 1.71 bits per heavy atom. The number of ether oxygens (including phenoxy) is 3. The van der Waals surface area contributed by atoms with Gasteiger partial charge in [-0.25, -0.2) is 8.37 Å². The maximum absolute atomic E-state index is 11.6. The van der Waals surface area contributed by atoms with E-state index in [-0.39, 0.29) is 29.6 Å². The van der Waals surface area contributed by atoms with E-state index in [1.165, 1.54) is 0 Å². The van der Waals surface area contributed by atoms with Gasteiger partial charge in [-0.3, -0.25) is 13.9 Å². The molecule has 1 unspecified atom stereocenters. The minimum atomic E-state index is -5.39. The van der Waals surface area contributed by atoms with Crippen molar-refractivity contribution in [2.24, 2.45) is 0 Å². The number of aliphatic hydroxyl groups excluding tert-OH is 3. The summed E-state index contributed by atoms with van der Waals surface area (Å²) in [6.45, 7) is -0.285. The van der Waals surface area contributed by atoms with Crippen molar-refractivity contribution >= 4 is 32.7 Å². The molecule has 0 spiro atoms. The van der Waals surface area contributed by atoms with E-state index < -0.39 is 94.2 Å². The van der Waals surface area contributed by atoms with Crippen LogP contribution < -0.4 is 40.0 Å². The Morgan fingerprint density at radius 1 is 1.11 bits per heavy atom. The molecule has 2 heterocycles. The van der Waals surface area contributed by atoms with Crippen LogP contribution in [0, 0.1) is 0 Å². The Balaban J connectivity index is 0.00000612.